The summed E-state index contributed by atoms with van der Waals surface area (Å²) in [5, 5.41) is 4.62. The maximum absolute atomic E-state index is 13.4. The van der Waals surface area contributed by atoms with Gasteiger partial charge in [-0.25, -0.2) is 9.67 Å². The normalized spacial score (nSPS) is 13.6. The first-order valence-electron chi connectivity index (χ1n) is 11.4. The Morgan fingerprint density at radius 1 is 0.912 bits per heavy atom. The van der Waals surface area contributed by atoms with E-state index in [4.69, 9.17) is 4.74 Å². The average molecular weight is 454 g/mol. The van der Waals surface area contributed by atoms with Gasteiger partial charge >= 0.3 is 0 Å². The van der Waals surface area contributed by atoms with Gasteiger partial charge in [0.25, 0.3) is 5.91 Å². The number of anilines is 1. The Labute approximate surface area is 199 Å². The molecule has 7 nitrogen and oxygen atoms in total. The Balaban J connectivity index is 1.44. The lowest BCUT2D eigenvalue weighted by molar-refractivity contribution is 0.0773. The third-order valence-corrected chi connectivity index (χ3v) is 5.93. The molecule has 0 spiro atoms. The van der Waals surface area contributed by atoms with Crippen molar-refractivity contribution in [1.82, 2.24) is 19.7 Å². The average Bonchev–Trinajstić information content (AvgIpc) is 3.36. The molecule has 0 atom stereocenters. The quantitative estimate of drug-likeness (QED) is 0.441. The fourth-order valence-electron chi connectivity index (χ4n) is 4.18. The van der Waals surface area contributed by atoms with Gasteiger partial charge in [0.05, 0.1) is 18.9 Å². The van der Waals surface area contributed by atoms with E-state index in [0.717, 1.165) is 35.6 Å². The summed E-state index contributed by atoms with van der Waals surface area (Å²) in [5.41, 5.74) is 3.98. The van der Waals surface area contributed by atoms with Crippen LogP contribution >= 0.6 is 0 Å². The third kappa shape index (κ3) is 4.56. The number of nitrogens with zero attached hydrogens (tertiary/aromatic N) is 5. The predicted molar refractivity (Wildman–Crippen MR) is 132 cm³/mol. The summed E-state index contributed by atoms with van der Waals surface area (Å²) in [7, 11) is 1.80. The van der Waals surface area contributed by atoms with Gasteiger partial charge in [-0.1, -0.05) is 66.7 Å². The zero-order valence-corrected chi connectivity index (χ0v) is 19.2. The molecule has 1 aliphatic rings. The first-order chi connectivity index (χ1) is 16.7. The molecule has 0 bridgehead atoms. The minimum atomic E-state index is -0.219. The fraction of sp³-hybridized carbons (Fsp3) is 0.222. The first-order valence-corrected chi connectivity index (χ1v) is 11.4. The summed E-state index contributed by atoms with van der Waals surface area (Å²) in [6.45, 7) is 3.58. The lowest BCUT2D eigenvalue weighted by atomic mass is 10.1. The number of morpholine rings is 1. The molecule has 1 fully saturated rings. The van der Waals surface area contributed by atoms with Gasteiger partial charge in [0.15, 0.2) is 5.82 Å². The molecule has 7 heteroatoms. The Kier molecular flexibility index (Phi) is 6.35. The highest BCUT2D eigenvalue weighted by Crippen LogP contribution is 2.24. The molecule has 2 heterocycles. The molecule has 0 N–H and O–H groups in total. The molecular weight excluding hydrogens is 426 g/mol. The second-order valence-electron chi connectivity index (χ2n) is 8.26. The number of aromatic nitrogens is 3. The van der Waals surface area contributed by atoms with Crippen molar-refractivity contribution in [2.24, 2.45) is 0 Å². The number of hydrogen-bond donors (Lipinski definition) is 0. The van der Waals surface area contributed by atoms with Crippen LogP contribution in [0.5, 0.6) is 0 Å². The predicted octanol–water partition coefficient (Wildman–Crippen LogP) is 4.04. The molecule has 5 rings (SSSR count). The van der Waals surface area contributed by atoms with E-state index in [1.165, 1.54) is 0 Å². The van der Waals surface area contributed by atoms with Gasteiger partial charge in [-0.05, 0) is 23.8 Å². The molecule has 1 aliphatic heterocycles. The minimum absolute atomic E-state index is 0.175. The van der Waals surface area contributed by atoms with Crippen LogP contribution in [-0.4, -0.2) is 58.9 Å². The number of ether oxygens (including phenoxy) is 1. The van der Waals surface area contributed by atoms with Crippen molar-refractivity contribution in [2.45, 2.75) is 6.54 Å². The van der Waals surface area contributed by atoms with Gasteiger partial charge in [-0.2, -0.15) is 0 Å². The fourth-order valence-corrected chi connectivity index (χ4v) is 4.18. The maximum Gasteiger partial charge on any atom is 0.293 e. The van der Waals surface area contributed by atoms with Crippen LogP contribution in [0.3, 0.4) is 0 Å². The van der Waals surface area contributed by atoms with Crippen molar-refractivity contribution in [2.75, 3.05) is 38.3 Å². The monoisotopic (exact) mass is 453 g/mol. The topological polar surface area (TPSA) is 63.5 Å². The van der Waals surface area contributed by atoms with E-state index in [1.54, 1.807) is 16.6 Å². The van der Waals surface area contributed by atoms with Crippen molar-refractivity contribution in [3.05, 3.63) is 96.3 Å². The van der Waals surface area contributed by atoms with E-state index in [9.17, 15) is 4.79 Å². The van der Waals surface area contributed by atoms with Crippen LogP contribution < -0.4 is 4.90 Å². The summed E-state index contributed by atoms with van der Waals surface area (Å²) >= 11 is 0. The van der Waals surface area contributed by atoms with Crippen LogP contribution in [0.2, 0.25) is 0 Å². The van der Waals surface area contributed by atoms with Gasteiger partial charge in [-0.3, -0.25) is 4.79 Å². The zero-order valence-electron chi connectivity index (χ0n) is 19.2. The minimum Gasteiger partial charge on any atom is -0.378 e. The number of amides is 1. The van der Waals surface area contributed by atoms with Crippen LogP contribution in [-0.2, 0) is 11.3 Å². The van der Waals surface area contributed by atoms with Crippen molar-refractivity contribution >= 4 is 11.6 Å². The van der Waals surface area contributed by atoms with E-state index >= 15 is 0 Å². The van der Waals surface area contributed by atoms with Crippen LogP contribution in [0.25, 0.3) is 17.1 Å². The second kappa shape index (κ2) is 9.89. The number of carbonyl (C=O) groups excluding carboxylic acids is 1. The van der Waals surface area contributed by atoms with Gasteiger partial charge in [0.1, 0.15) is 0 Å². The highest BCUT2D eigenvalue weighted by molar-refractivity contribution is 5.91. The van der Waals surface area contributed by atoms with Gasteiger partial charge in [0.2, 0.25) is 5.82 Å². The van der Waals surface area contributed by atoms with Gasteiger partial charge in [-0.15, -0.1) is 5.10 Å². The van der Waals surface area contributed by atoms with Crippen LogP contribution in [0.15, 0.2) is 84.9 Å². The Bertz CT molecular complexity index is 1190. The summed E-state index contributed by atoms with van der Waals surface area (Å²) < 4.78 is 7.23. The molecule has 0 saturated carbocycles. The first kappa shape index (κ1) is 21.9. The Morgan fingerprint density at radius 3 is 2.29 bits per heavy atom. The number of carbonyl (C=O) groups is 1. The lowest BCUT2D eigenvalue weighted by Gasteiger charge is -2.31. The van der Waals surface area contributed by atoms with E-state index in [0.29, 0.717) is 25.6 Å². The molecule has 172 valence electrons. The van der Waals surface area contributed by atoms with Gasteiger partial charge < -0.3 is 14.5 Å². The Morgan fingerprint density at radius 2 is 1.56 bits per heavy atom. The van der Waals surface area contributed by atoms with Crippen molar-refractivity contribution in [3.63, 3.8) is 0 Å². The molecule has 34 heavy (non-hydrogen) atoms. The molecule has 4 aromatic rings. The molecule has 1 saturated heterocycles. The van der Waals surface area contributed by atoms with E-state index in [2.05, 4.69) is 27.1 Å². The van der Waals surface area contributed by atoms with Crippen molar-refractivity contribution in [3.8, 4) is 17.1 Å². The third-order valence-electron chi connectivity index (χ3n) is 5.93. The molecule has 0 unspecified atom stereocenters. The summed E-state index contributed by atoms with van der Waals surface area (Å²) in [6.07, 6.45) is 0. The highest BCUT2D eigenvalue weighted by Gasteiger charge is 2.23. The number of para-hydroxylation sites is 2. The standard InChI is InChI=1S/C27H27N5O2/c1-30(20-22-12-8-9-15-24(22)31-16-18-34-19-17-31)27(33)25-28-26(21-10-4-2-5-11-21)32(29-25)23-13-6-3-7-14-23/h2-15H,16-20H2,1H3. The molecule has 1 amide bonds. The molecule has 0 aliphatic carbocycles. The summed E-state index contributed by atoms with van der Waals surface area (Å²) in [4.78, 5) is 22.1. The largest absolute Gasteiger partial charge is 0.378 e. The number of hydrogen-bond acceptors (Lipinski definition) is 5. The smallest absolute Gasteiger partial charge is 0.293 e. The van der Waals surface area contributed by atoms with Gasteiger partial charge in [0, 0.05) is 37.9 Å². The molecule has 3 aromatic carbocycles. The maximum atomic E-state index is 13.4. The van der Waals surface area contributed by atoms with Crippen molar-refractivity contribution < 1.29 is 9.53 Å². The Hall–Kier alpha value is -3.97. The second-order valence-corrected chi connectivity index (χ2v) is 8.26. The van der Waals surface area contributed by atoms with Crippen molar-refractivity contribution in [1.29, 1.82) is 0 Å². The SMILES string of the molecule is CN(Cc1ccccc1N1CCOCC1)C(=O)c1nc(-c2ccccc2)n(-c2ccccc2)n1. The van der Waals surface area contributed by atoms with E-state index in [1.807, 2.05) is 72.8 Å². The molecular formula is C27H27N5O2. The van der Waals surface area contributed by atoms with Crippen LogP contribution in [0, 0.1) is 0 Å². The van der Waals surface area contributed by atoms with E-state index < -0.39 is 0 Å². The zero-order chi connectivity index (χ0) is 23.3. The molecule has 1 aromatic heterocycles. The number of benzene rings is 3. The number of rotatable bonds is 6. The summed E-state index contributed by atoms with van der Waals surface area (Å²) in [6, 6.07) is 27.8. The van der Waals surface area contributed by atoms with E-state index in [-0.39, 0.29) is 11.7 Å². The highest BCUT2D eigenvalue weighted by atomic mass is 16.5. The van der Waals surface area contributed by atoms with Crippen LogP contribution in [0.4, 0.5) is 5.69 Å². The lowest BCUT2D eigenvalue weighted by Crippen LogP contribution is -2.37. The van der Waals surface area contributed by atoms with Crippen LogP contribution in [0.1, 0.15) is 16.2 Å². The molecule has 0 radical (unpaired) electrons. The summed E-state index contributed by atoms with van der Waals surface area (Å²) in [5.74, 6) is 0.593.